The van der Waals surface area contributed by atoms with Crippen LogP contribution in [0.4, 0.5) is 0 Å². The number of halogens is 1. The predicted octanol–water partition coefficient (Wildman–Crippen LogP) is 1.64. The lowest BCUT2D eigenvalue weighted by atomic mass is 9.81. The molecule has 1 aliphatic rings. The van der Waals surface area contributed by atoms with Gasteiger partial charge in [-0.3, -0.25) is 9.59 Å². The van der Waals surface area contributed by atoms with Gasteiger partial charge in [-0.2, -0.15) is 0 Å². The van der Waals surface area contributed by atoms with Gasteiger partial charge < -0.3 is 10.4 Å². The van der Waals surface area contributed by atoms with Crippen molar-refractivity contribution < 1.29 is 14.7 Å². The summed E-state index contributed by atoms with van der Waals surface area (Å²) in [6.45, 7) is 0.343. The Morgan fingerprint density at radius 2 is 2.24 bits per heavy atom. The van der Waals surface area contributed by atoms with E-state index >= 15 is 0 Å². The van der Waals surface area contributed by atoms with Crippen molar-refractivity contribution in [2.24, 2.45) is 5.92 Å². The van der Waals surface area contributed by atoms with Crippen LogP contribution in [0.3, 0.4) is 0 Å². The number of piperidine rings is 1. The topological polar surface area (TPSA) is 66.4 Å². The summed E-state index contributed by atoms with van der Waals surface area (Å²) >= 11 is 5.89. The van der Waals surface area contributed by atoms with Crippen molar-refractivity contribution in [2.45, 2.75) is 12.3 Å². The molecule has 2 atom stereocenters. The first-order chi connectivity index (χ1) is 8.08. The SMILES string of the molecule is O=C1CC(C(=O)O)C(c2cccc(Cl)c2)CN1. The lowest BCUT2D eigenvalue weighted by molar-refractivity contribution is -0.146. The molecule has 4 nitrogen and oxygen atoms in total. The van der Waals surface area contributed by atoms with Gasteiger partial charge in [0.2, 0.25) is 5.91 Å². The molecule has 1 heterocycles. The smallest absolute Gasteiger partial charge is 0.307 e. The van der Waals surface area contributed by atoms with E-state index in [1.165, 1.54) is 0 Å². The Morgan fingerprint density at radius 3 is 2.88 bits per heavy atom. The van der Waals surface area contributed by atoms with Gasteiger partial charge >= 0.3 is 5.97 Å². The first-order valence-electron chi connectivity index (χ1n) is 5.33. The van der Waals surface area contributed by atoms with E-state index in [2.05, 4.69) is 5.32 Å². The molecule has 0 aromatic heterocycles. The minimum atomic E-state index is -0.940. The maximum atomic E-state index is 11.2. The minimum Gasteiger partial charge on any atom is -0.481 e. The predicted molar refractivity (Wildman–Crippen MR) is 62.9 cm³/mol. The van der Waals surface area contributed by atoms with Crippen molar-refractivity contribution in [3.8, 4) is 0 Å². The standard InChI is InChI=1S/C12H12ClNO3/c13-8-3-1-2-7(4-8)10-6-14-11(15)5-9(10)12(16)17/h1-4,9-10H,5-6H2,(H,14,15)(H,16,17). The number of benzene rings is 1. The molecule has 0 spiro atoms. The first-order valence-corrected chi connectivity index (χ1v) is 5.70. The number of carboxylic acid groups (broad SMARTS) is 1. The quantitative estimate of drug-likeness (QED) is 0.842. The Morgan fingerprint density at radius 1 is 1.47 bits per heavy atom. The molecule has 1 fully saturated rings. The molecule has 17 heavy (non-hydrogen) atoms. The summed E-state index contributed by atoms with van der Waals surface area (Å²) in [7, 11) is 0. The Hall–Kier alpha value is -1.55. The van der Waals surface area contributed by atoms with Gasteiger partial charge in [0.25, 0.3) is 0 Å². The highest BCUT2D eigenvalue weighted by Crippen LogP contribution is 2.31. The number of carbonyl (C=O) groups is 2. The van der Waals surface area contributed by atoms with Gasteiger partial charge in [0, 0.05) is 23.9 Å². The van der Waals surface area contributed by atoms with Gasteiger partial charge in [0.1, 0.15) is 0 Å². The molecule has 0 aliphatic carbocycles. The molecule has 1 saturated heterocycles. The monoisotopic (exact) mass is 253 g/mol. The number of amides is 1. The Kier molecular flexibility index (Phi) is 3.33. The van der Waals surface area contributed by atoms with Crippen LogP contribution in [0.15, 0.2) is 24.3 Å². The summed E-state index contributed by atoms with van der Waals surface area (Å²) in [6.07, 6.45) is 0.0204. The normalized spacial score (nSPS) is 24.2. The molecule has 0 radical (unpaired) electrons. The maximum absolute atomic E-state index is 11.2. The molecule has 0 saturated carbocycles. The molecule has 90 valence electrons. The van der Waals surface area contributed by atoms with Gasteiger partial charge in [-0.15, -0.1) is 0 Å². The zero-order valence-electron chi connectivity index (χ0n) is 9.02. The molecule has 2 N–H and O–H groups in total. The highest BCUT2D eigenvalue weighted by molar-refractivity contribution is 6.30. The number of carbonyl (C=O) groups excluding carboxylic acids is 1. The molecule has 0 bridgehead atoms. The van der Waals surface area contributed by atoms with Crippen LogP contribution in [-0.2, 0) is 9.59 Å². The van der Waals surface area contributed by atoms with Crippen LogP contribution in [0.5, 0.6) is 0 Å². The lowest BCUT2D eigenvalue weighted by Crippen LogP contribution is -2.42. The third-order valence-corrected chi connectivity index (χ3v) is 3.24. The van der Waals surface area contributed by atoms with E-state index in [1.54, 1.807) is 18.2 Å². The van der Waals surface area contributed by atoms with Gasteiger partial charge in [0.15, 0.2) is 0 Å². The van der Waals surface area contributed by atoms with E-state index in [9.17, 15) is 9.59 Å². The third-order valence-electron chi connectivity index (χ3n) is 3.00. The first kappa shape index (κ1) is 11.9. The van der Waals surface area contributed by atoms with E-state index in [-0.39, 0.29) is 18.2 Å². The van der Waals surface area contributed by atoms with Crippen molar-refractivity contribution in [1.82, 2.24) is 5.32 Å². The summed E-state index contributed by atoms with van der Waals surface area (Å²) in [4.78, 5) is 22.4. The molecule has 2 unspecified atom stereocenters. The van der Waals surface area contributed by atoms with Crippen molar-refractivity contribution in [2.75, 3.05) is 6.54 Å². The third kappa shape index (κ3) is 2.58. The van der Waals surface area contributed by atoms with Crippen LogP contribution in [0.25, 0.3) is 0 Å². The summed E-state index contributed by atoms with van der Waals surface area (Å²) in [6, 6.07) is 7.11. The molecule has 1 aromatic carbocycles. The average molecular weight is 254 g/mol. The summed E-state index contributed by atoms with van der Waals surface area (Å²) in [5, 5.41) is 12.4. The van der Waals surface area contributed by atoms with Crippen molar-refractivity contribution in [3.05, 3.63) is 34.9 Å². The second kappa shape index (κ2) is 4.75. The fourth-order valence-corrected chi connectivity index (χ4v) is 2.33. The Balaban J connectivity index is 2.29. The van der Waals surface area contributed by atoms with Crippen molar-refractivity contribution >= 4 is 23.5 Å². The second-order valence-electron chi connectivity index (χ2n) is 4.11. The van der Waals surface area contributed by atoms with E-state index in [0.717, 1.165) is 5.56 Å². The summed E-state index contributed by atoms with van der Waals surface area (Å²) in [5.41, 5.74) is 0.852. The molecule has 5 heteroatoms. The van der Waals surface area contributed by atoms with Gasteiger partial charge in [0.05, 0.1) is 5.92 Å². The number of carboxylic acids is 1. The number of nitrogens with one attached hydrogen (secondary N) is 1. The summed E-state index contributed by atoms with van der Waals surface area (Å²) in [5.74, 6) is -2.05. The highest BCUT2D eigenvalue weighted by atomic mass is 35.5. The zero-order valence-corrected chi connectivity index (χ0v) is 9.78. The van der Waals surface area contributed by atoms with Gasteiger partial charge in [-0.05, 0) is 17.7 Å². The van der Waals surface area contributed by atoms with Crippen LogP contribution in [-0.4, -0.2) is 23.5 Å². The zero-order chi connectivity index (χ0) is 12.4. The largest absolute Gasteiger partial charge is 0.481 e. The van der Waals surface area contributed by atoms with Crippen LogP contribution >= 0.6 is 11.6 Å². The van der Waals surface area contributed by atoms with Crippen LogP contribution in [0.1, 0.15) is 17.9 Å². The Bertz CT molecular complexity index is 461. The van der Waals surface area contributed by atoms with E-state index in [0.29, 0.717) is 11.6 Å². The maximum Gasteiger partial charge on any atom is 0.307 e. The Labute approximate surface area is 104 Å². The highest BCUT2D eigenvalue weighted by Gasteiger charge is 2.35. The number of aliphatic carboxylic acids is 1. The van der Waals surface area contributed by atoms with Gasteiger partial charge in [-0.1, -0.05) is 23.7 Å². The molecule has 2 rings (SSSR count). The molecular formula is C12H12ClNO3. The van der Waals surface area contributed by atoms with E-state index < -0.39 is 11.9 Å². The molecule has 1 aliphatic heterocycles. The molecule has 1 amide bonds. The number of hydrogen-bond donors (Lipinski definition) is 2. The number of hydrogen-bond acceptors (Lipinski definition) is 2. The summed E-state index contributed by atoms with van der Waals surface area (Å²) < 4.78 is 0. The van der Waals surface area contributed by atoms with E-state index in [4.69, 9.17) is 16.7 Å². The molecule has 1 aromatic rings. The second-order valence-corrected chi connectivity index (χ2v) is 4.55. The van der Waals surface area contributed by atoms with E-state index in [1.807, 2.05) is 6.07 Å². The van der Waals surface area contributed by atoms with Crippen LogP contribution in [0.2, 0.25) is 5.02 Å². The van der Waals surface area contributed by atoms with Crippen LogP contribution in [0, 0.1) is 5.92 Å². The molecular weight excluding hydrogens is 242 g/mol. The average Bonchev–Trinajstić information content (AvgIpc) is 2.28. The van der Waals surface area contributed by atoms with Crippen molar-refractivity contribution in [3.63, 3.8) is 0 Å². The fourth-order valence-electron chi connectivity index (χ4n) is 2.13. The number of rotatable bonds is 2. The minimum absolute atomic E-state index is 0.0204. The lowest BCUT2D eigenvalue weighted by Gasteiger charge is -2.29. The van der Waals surface area contributed by atoms with Crippen LogP contribution < -0.4 is 5.32 Å². The fraction of sp³-hybridized carbons (Fsp3) is 0.333. The van der Waals surface area contributed by atoms with Gasteiger partial charge in [-0.25, -0.2) is 0 Å². The van der Waals surface area contributed by atoms with Crippen molar-refractivity contribution in [1.29, 1.82) is 0 Å².